The summed E-state index contributed by atoms with van der Waals surface area (Å²) in [7, 11) is 0. The molecule has 1 heterocycles. The highest BCUT2D eigenvalue weighted by Crippen LogP contribution is 2.44. The summed E-state index contributed by atoms with van der Waals surface area (Å²) in [4.78, 5) is 36.8. The van der Waals surface area contributed by atoms with Gasteiger partial charge in [0.05, 0.1) is 25.5 Å². The van der Waals surface area contributed by atoms with E-state index in [0.29, 0.717) is 5.69 Å². The quantitative estimate of drug-likeness (QED) is 0.235. The number of amides is 2. The van der Waals surface area contributed by atoms with Gasteiger partial charge in [-0.05, 0) is 34.7 Å². The summed E-state index contributed by atoms with van der Waals surface area (Å²) in [5, 5.41) is 22.6. The Hall–Kier alpha value is -5.03. The molecule has 0 spiro atoms. The lowest BCUT2D eigenvalue weighted by Crippen LogP contribution is -2.49. The zero-order valence-corrected chi connectivity index (χ0v) is 23.0. The summed E-state index contributed by atoms with van der Waals surface area (Å²) in [5.74, 6) is -1.84. The van der Waals surface area contributed by atoms with Gasteiger partial charge in [0.2, 0.25) is 5.91 Å². The van der Waals surface area contributed by atoms with Crippen molar-refractivity contribution in [3.05, 3.63) is 107 Å². The van der Waals surface area contributed by atoms with Gasteiger partial charge in [-0.25, -0.2) is 14.3 Å². The summed E-state index contributed by atoms with van der Waals surface area (Å²) in [6.45, 7) is 1.77. The van der Waals surface area contributed by atoms with Crippen molar-refractivity contribution in [3.8, 4) is 11.1 Å². The Morgan fingerprint density at radius 1 is 0.952 bits per heavy atom. The van der Waals surface area contributed by atoms with Gasteiger partial charge in [-0.15, -0.1) is 5.10 Å². The first-order valence-corrected chi connectivity index (χ1v) is 13.5. The Balaban J connectivity index is 1.08. The maximum atomic E-state index is 12.6. The molecule has 1 aromatic heterocycles. The SMILES string of the molecule is C[C@@H](OCc1ccccc1)[C@H](NC(=O)Cn1cc(CNC(=O)OCC2c3ccccc3-c3ccccc32)nn1)C(=O)O. The number of hydrogen-bond donors (Lipinski definition) is 3. The van der Waals surface area contributed by atoms with Crippen LogP contribution in [0.3, 0.4) is 0 Å². The van der Waals surface area contributed by atoms with Gasteiger partial charge in [0.1, 0.15) is 18.8 Å². The number of fused-ring (bicyclic) bond motifs is 3. The van der Waals surface area contributed by atoms with Crippen LogP contribution < -0.4 is 10.6 Å². The fourth-order valence-electron chi connectivity index (χ4n) is 4.95. The summed E-state index contributed by atoms with van der Waals surface area (Å²) in [5.41, 5.74) is 5.83. The summed E-state index contributed by atoms with van der Waals surface area (Å²) in [6.07, 6.45) is 0.117. The van der Waals surface area contributed by atoms with E-state index in [1.54, 1.807) is 6.92 Å². The lowest BCUT2D eigenvalue weighted by molar-refractivity contribution is -0.146. The Morgan fingerprint density at radius 2 is 1.60 bits per heavy atom. The molecule has 2 atom stereocenters. The predicted molar refractivity (Wildman–Crippen MR) is 152 cm³/mol. The molecule has 3 aromatic carbocycles. The number of hydrogen-bond acceptors (Lipinski definition) is 7. The smallest absolute Gasteiger partial charge is 0.407 e. The molecule has 1 aliphatic carbocycles. The average molecular weight is 570 g/mol. The molecule has 11 nitrogen and oxygen atoms in total. The highest BCUT2D eigenvalue weighted by Gasteiger charge is 2.29. The second kappa shape index (κ2) is 13.1. The van der Waals surface area contributed by atoms with Crippen LogP contribution in [0.25, 0.3) is 11.1 Å². The van der Waals surface area contributed by atoms with Crippen LogP contribution in [0.2, 0.25) is 0 Å². The van der Waals surface area contributed by atoms with Gasteiger partial charge in [0.15, 0.2) is 6.04 Å². The van der Waals surface area contributed by atoms with Crippen LogP contribution in [0.15, 0.2) is 85.1 Å². The molecule has 11 heteroatoms. The van der Waals surface area contributed by atoms with Crippen molar-refractivity contribution < 1.29 is 29.0 Å². The molecule has 0 bridgehead atoms. The Bertz CT molecular complexity index is 1510. The molecule has 0 saturated heterocycles. The predicted octanol–water partition coefficient (Wildman–Crippen LogP) is 3.49. The summed E-state index contributed by atoms with van der Waals surface area (Å²) in [6, 6.07) is 24.3. The number of nitrogens with zero attached hydrogens (tertiary/aromatic N) is 3. The van der Waals surface area contributed by atoms with Crippen molar-refractivity contribution in [2.45, 2.75) is 44.7 Å². The first-order chi connectivity index (χ1) is 20.4. The molecule has 0 aliphatic heterocycles. The van der Waals surface area contributed by atoms with Crippen molar-refractivity contribution >= 4 is 18.0 Å². The Morgan fingerprint density at radius 3 is 2.26 bits per heavy atom. The van der Waals surface area contributed by atoms with E-state index in [1.807, 2.05) is 66.7 Å². The first-order valence-electron chi connectivity index (χ1n) is 13.5. The number of carboxylic acids is 1. The van der Waals surface area contributed by atoms with Crippen LogP contribution in [-0.4, -0.2) is 56.8 Å². The zero-order chi connectivity index (χ0) is 29.5. The normalized spacial score (nSPS) is 13.5. The number of ether oxygens (including phenoxy) is 2. The molecule has 0 unspecified atom stereocenters. The molecule has 2 amide bonds. The third kappa shape index (κ3) is 6.81. The second-order valence-corrected chi connectivity index (χ2v) is 9.97. The molecule has 0 radical (unpaired) electrons. The Kier molecular flexibility index (Phi) is 8.88. The van der Waals surface area contributed by atoms with Gasteiger partial charge >= 0.3 is 12.1 Å². The third-order valence-corrected chi connectivity index (χ3v) is 7.06. The van der Waals surface area contributed by atoms with Crippen LogP contribution in [0.5, 0.6) is 0 Å². The van der Waals surface area contributed by atoms with E-state index in [0.717, 1.165) is 27.8 Å². The minimum absolute atomic E-state index is 0.0421. The number of aromatic nitrogens is 3. The van der Waals surface area contributed by atoms with Crippen LogP contribution in [0.4, 0.5) is 4.79 Å². The maximum absolute atomic E-state index is 12.6. The molecule has 3 N–H and O–H groups in total. The average Bonchev–Trinajstić information content (AvgIpc) is 3.58. The van der Waals surface area contributed by atoms with E-state index in [-0.39, 0.29) is 32.2 Å². The number of carbonyl (C=O) groups is 3. The molecule has 0 fully saturated rings. The number of rotatable bonds is 12. The van der Waals surface area contributed by atoms with E-state index >= 15 is 0 Å². The lowest BCUT2D eigenvalue weighted by atomic mass is 9.98. The maximum Gasteiger partial charge on any atom is 0.407 e. The lowest BCUT2D eigenvalue weighted by Gasteiger charge is -2.22. The van der Waals surface area contributed by atoms with Gasteiger partial charge in [-0.3, -0.25) is 4.79 Å². The molecule has 0 saturated carbocycles. The topological polar surface area (TPSA) is 145 Å². The van der Waals surface area contributed by atoms with Gasteiger partial charge in [0, 0.05) is 5.92 Å². The monoisotopic (exact) mass is 569 g/mol. The van der Waals surface area contributed by atoms with Crippen LogP contribution >= 0.6 is 0 Å². The standard InChI is InChI=1S/C31H31N5O6/c1-20(41-18-21-9-3-2-4-10-21)29(30(38)39)33-28(37)17-36-16-22(34-35-36)15-32-31(40)42-19-27-25-13-7-5-11-23(25)24-12-6-8-14-26(24)27/h2-14,16,20,27,29H,15,17-19H2,1H3,(H,32,40)(H,33,37)(H,38,39)/t20-,29+/m1/s1. The van der Waals surface area contributed by atoms with Crippen molar-refractivity contribution in [1.82, 2.24) is 25.6 Å². The molecular formula is C31H31N5O6. The van der Waals surface area contributed by atoms with E-state index < -0.39 is 30.1 Å². The highest BCUT2D eigenvalue weighted by molar-refractivity contribution is 5.84. The number of alkyl carbamates (subject to hydrolysis) is 1. The fraction of sp³-hybridized carbons (Fsp3) is 0.258. The second-order valence-electron chi connectivity index (χ2n) is 9.97. The molecule has 4 aromatic rings. The van der Waals surface area contributed by atoms with Crippen LogP contribution in [0, 0.1) is 0 Å². The number of aliphatic carboxylic acids is 1. The van der Waals surface area contributed by atoms with Crippen molar-refractivity contribution in [2.75, 3.05) is 6.61 Å². The van der Waals surface area contributed by atoms with Gasteiger partial charge in [-0.2, -0.15) is 0 Å². The van der Waals surface area contributed by atoms with E-state index in [1.165, 1.54) is 10.9 Å². The van der Waals surface area contributed by atoms with E-state index in [4.69, 9.17) is 9.47 Å². The number of benzene rings is 3. The number of nitrogens with one attached hydrogen (secondary N) is 2. The fourth-order valence-corrected chi connectivity index (χ4v) is 4.95. The van der Waals surface area contributed by atoms with Crippen molar-refractivity contribution in [3.63, 3.8) is 0 Å². The largest absolute Gasteiger partial charge is 0.480 e. The Labute approximate surface area is 242 Å². The minimum atomic E-state index is -1.25. The first kappa shape index (κ1) is 28.5. The van der Waals surface area contributed by atoms with Gasteiger partial charge in [-0.1, -0.05) is 84.1 Å². The zero-order valence-electron chi connectivity index (χ0n) is 23.0. The molecule has 5 rings (SSSR count). The van der Waals surface area contributed by atoms with Crippen molar-refractivity contribution in [2.24, 2.45) is 0 Å². The number of carbonyl (C=O) groups excluding carboxylic acids is 2. The molecule has 1 aliphatic rings. The number of carboxylic acid groups (broad SMARTS) is 1. The molecular weight excluding hydrogens is 538 g/mol. The molecule has 216 valence electrons. The van der Waals surface area contributed by atoms with Crippen LogP contribution in [-0.2, 0) is 38.8 Å². The van der Waals surface area contributed by atoms with Crippen molar-refractivity contribution in [1.29, 1.82) is 0 Å². The molecule has 42 heavy (non-hydrogen) atoms. The minimum Gasteiger partial charge on any atom is -0.480 e. The van der Waals surface area contributed by atoms with Crippen LogP contribution in [0.1, 0.15) is 35.2 Å². The third-order valence-electron chi connectivity index (χ3n) is 7.06. The van der Waals surface area contributed by atoms with Gasteiger partial charge < -0.3 is 25.2 Å². The van der Waals surface area contributed by atoms with E-state index in [2.05, 4.69) is 33.1 Å². The summed E-state index contributed by atoms with van der Waals surface area (Å²) >= 11 is 0. The summed E-state index contributed by atoms with van der Waals surface area (Å²) < 4.78 is 12.5. The highest BCUT2D eigenvalue weighted by atomic mass is 16.5. The van der Waals surface area contributed by atoms with E-state index in [9.17, 15) is 19.5 Å². The van der Waals surface area contributed by atoms with Gasteiger partial charge in [0.25, 0.3) is 0 Å².